The molecule has 0 radical (unpaired) electrons. The largest absolute Gasteiger partial charge is 0.348 e. The summed E-state index contributed by atoms with van der Waals surface area (Å²) >= 11 is 6.03. The van der Waals surface area contributed by atoms with Gasteiger partial charge in [0.1, 0.15) is 5.15 Å². The zero-order valence-corrected chi connectivity index (χ0v) is 12.9. The molecule has 0 fully saturated rings. The lowest BCUT2D eigenvalue weighted by atomic mass is 10.0. The lowest BCUT2D eigenvalue weighted by molar-refractivity contribution is 0.798. The number of rotatable bonds is 2. The number of benzene rings is 2. The highest BCUT2D eigenvalue weighted by Gasteiger charge is 2.09. The number of para-hydroxylation sites is 1. The first-order valence-corrected chi connectivity index (χ1v) is 7.64. The van der Waals surface area contributed by atoms with Crippen molar-refractivity contribution in [3.05, 3.63) is 60.0 Å². The molecule has 4 heteroatoms. The van der Waals surface area contributed by atoms with E-state index in [1.165, 1.54) is 10.9 Å². The van der Waals surface area contributed by atoms with Crippen LogP contribution in [0.3, 0.4) is 0 Å². The first-order chi connectivity index (χ1) is 10.8. The summed E-state index contributed by atoms with van der Waals surface area (Å²) in [5, 5.41) is 1.66. The first-order valence-electron chi connectivity index (χ1n) is 7.27. The highest BCUT2D eigenvalue weighted by atomic mass is 35.5. The third-order valence-corrected chi connectivity index (χ3v) is 4.15. The summed E-state index contributed by atoms with van der Waals surface area (Å²) in [6.07, 6.45) is 3.70. The predicted molar refractivity (Wildman–Crippen MR) is 91.2 cm³/mol. The fourth-order valence-corrected chi connectivity index (χ4v) is 3.00. The Morgan fingerprint density at radius 3 is 2.91 bits per heavy atom. The fourth-order valence-electron chi connectivity index (χ4n) is 2.87. The van der Waals surface area contributed by atoms with Crippen molar-refractivity contribution in [3.63, 3.8) is 0 Å². The summed E-state index contributed by atoms with van der Waals surface area (Å²) in [6, 6.07) is 14.6. The smallest absolute Gasteiger partial charge is 0.148 e. The Balaban J connectivity index is 2.00. The van der Waals surface area contributed by atoms with Crippen LogP contribution in [-0.4, -0.2) is 14.5 Å². The van der Waals surface area contributed by atoms with E-state index >= 15 is 0 Å². The topological polar surface area (TPSA) is 30.7 Å². The quantitative estimate of drug-likeness (QED) is 0.526. The van der Waals surface area contributed by atoms with Crippen LogP contribution in [0.4, 0.5) is 0 Å². The summed E-state index contributed by atoms with van der Waals surface area (Å²) < 4.78 is 2.24. The Bertz CT molecular complexity index is 988. The van der Waals surface area contributed by atoms with Crippen LogP contribution in [0.15, 0.2) is 54.9 Å². The van der Waals surface area contributed by atoms with Gasteiger partial charge in [0, 0.05) is 23.8 Å². The van der Waals surface area contributed by atoms with E-state index in [-0.39, 0.29) is 0 Å². The van der Waals surface area contributed by atoms with Crippen LogP contribution in [0.5, 0.6) is 0 Å². The van der Waals surface area contributed by atoms with Gasteiger partial charge in [-0.2, -0.15) is 0 Å². The molecule has 0 atom stereocenters. The Labute approximate surface area is 133 Å². The number of fused-ring (bicyclic) bond motifs is 2. The number of hydrogen-bond acceptors (Lipinski definition) is 2. The fraction of sp³-hybridized carbons (Fsp3) is 0.111. The van der Waals surface area contributed by atoms with Gasteiger partial charge in [0.25, 0.3) is 0 Å². The minimum atomic E-state index is 0.415. The second kappa shape index (κ2) is 5.11. The van der Waals surface area contributed by atoms with Crippen molar-refractivity contribution in [1.82, 2.24) is 14.5 Å². The van der Waals surface area contributed by atoms with Crippen molar-refractivity contribution in [1.29, 1.82) is 0 Å². The molecule has 0 unspecified atom stereocenters. The zero-order chi connectivity index (χ0) is 15.1. The summed E-state index contributed by atoms with van der Waals surface area (Å²) in [4.78, 5) is 8.81. The molecule has 0 spiro atoms. The van der Waals surface area contributed by atoms with Crippen molar-refractivity contribution in [2.45, 2.75) is 13.5 Å². The van der Waals surface area contributed by atoms with Crippen LogP contribution in [0.2, 0.25) is 5.15 Å². The Hall–Kier alpha value is -2.39. The van der Waals surface area contributed by atoms with Gasteiger partial charge in [-0.25, -0.2) is 4.98 Å². The number of hydrogen-bond donors (Lipinski definition) is 0. The van der Waals surface area contributed by atoms with E-state index < -0.39 is 0 Å². The van der Waals surface area contributed by atoms with Crippen molar-refractivity contribution >= 4 is 33.5 Å². The molecule has 108 valence electrons. The first kappa shape index (κ1) is 13.3. The van der Waals surface area contributed by atoms with E-state index in [0.29, 0.717) is 5.15 Å². The van der Waals surface area contributed by atoms with Gasteiger partial charge in [0.15, 0.2) is 0 Å². The van der Waals surface area contributed by atoms with Crippen molar-refractivity contribution in [2.75, 3.05) is 0 Å². The van der Waals surface area contributed by atoms with Crippen LogP contribution in [0.25, 0.3) is 33.1 Å². The molecule has 0 bridgehead atoms. The van der Waals surface area contributed by atoms with Crippen molar-refractivity contribution < 1.29 is 0 Å². The molecule has 2 aromatic carbocycles. The lowest BCUT2D eigenvalue weighted by Crippen LogP contribution is -1.92. The number of nitrogens with zero attached hydrogens (tertiary/aromatic N) is 3. The third-order valence-electron chi connectivity index (χ3n) is 3.97. The van der Waals surface area contributed by atoms with Crippen LogP contribution in [0, 0.1) is 0 Å². The Morgan fingerprint density at radius 2 is 2.05 bits per heavy atom. The molecular weight excluding hydrogens is 294 g/mol. The number of aromatic nitrogens is 3. The number of halogens is 1. The molecule has 0 aliphatic carbocycles. The minimum absolute atomic E-state index is 0.415. The molecule has 0 saturated carbocycles. The molecule has 0 aliphatic rings. The third kappa shape index (κ3) is 2.06. The molecule has 2 aromatic heterocycles. The highest BCUT2D eigenvalue weighted by Crippen LogP contribution is 2.30. The second-order valence-electron chi connectivity index (χ2n) is 5.24. The van der Waals surface area contributed by atoms with Gasteiger partial charge in [0.2, 0.25) is 0 Å². The zero-order valence-electron chi connectivity index (χ0n) is 12.1. The van der Waals surface area contributed by atoms with Crippen LogP contribution < -0.4 is 0 Å². The molecule has 22 heavy (non-hydrogen) atoms. The average molecular weight is 308 g/mol. The van der Waals surface area contributed by atoms with Gasteiger partial charge in [-0.1, -0.05) is 35.9 Å². The van der Waals surface area contributed by atoms with Gasteiger partial charge in [-0.15, -0.1) is 0 Å². The van der Waals surface area contributed by atoms with Crippen molar-refractivity contribution in [2.24, 2.45) is 0 Å². The maximum Gasteiger partial charge on any atom is 0.148 e. The predicted octanol–water partition coefficient (Wildman–Crippen LogP) is 4.92. The van der Waals surface area contributed by atoms with Crippen LogP contribution in [0.1, 0.15) is 6.92 Å². The SMILES string of the molecule is CCn1ccc2ccc(-c3cccc4ncc(Cl)nc34)cc21. The lowest BCUT2D eigenvalue weighted by Gasteiger charge is -2.08. The molecule has 3 nitrogen and oxygen atoms in total. The summed E-state index contributed by atoms with van der Waals surface area (Å²) in [5.41, 5.74) is 5.10. The molecule has 0 aliphatic heterocycles. The normalized spacial score (nSPS) is 11.4. The molecule has 4 rings (SSSR count). The Kier molecular flexibility index (Phi) is 3.09. The molecule has 2 heterocycles. The maximum atomic E-state index is 6.03. The molecule has 0 amide bonds. The van der Waals surface area contributed by atoms with Crippen molar-refractivity contribution in [3.8, 4) is 11.1 Å². The van der Waals surface area contributed by atoms with Gasteiger partial charge >= 0.3 is 0 Å². The molecular formula is C18H14ClN3. The molecule has 4 aromatic rings. The summed E-state index contributed by atoms with van der Waals surface area (Å²) in [6.45, 7) is 3.10. The van der Waals surface area contributed by atoms with E-state index in [4.69, 9.17) is 11.6 Å². The van der Waals surface area contributed by atoms with Gasteiger partial charge in [0.05, 0.1) is 17.2 Å². The minimum Gasteiger partial charge on any atom is -0.348 e. The monoisotopic (exact) mass is 307 g/mol. The van der Waals surface area contributed by atoms with E-state index in [9.17, 15) is 0 Å². The van der Waals surface area contributed by atoms with Crippen LogP contribution in [-0.2, 0) is 6.54 Å². The Morgan fingerprint density at radius 1 is 1.14 bits per heavy atom. The highest BCUT2D eigenvalue weighted by molar-refractivity contribution is 6.29. The van der Waals surface area contributed by atoms with E-state index in [2.05, 4.69) is 58.0 Å². The average Bonchev–Trinajstić information content (AvgIpc) is 2.96. The summed E-state index contributed by atoms with van der Waals surface area (Å²) in [7, 11) is 0. The van der Waals surface area contributed by atoms with E-state index in [1.54, 1.807) is 6.20 Å². The van der Waals surface area contributed by atoms with Gasteiger partial charge in [-0.05, 0) is 36.1 Å². The van der Waals surface area contributed by atoms with Gasteiger partial charge in [-0.3, -0.25) is 4.98 Å². The van der Waals surface area contributed by atoms with Gasteiger partial charge < -0.3 is 4.57 Å². The molecule has 0 saturated heterocycles. The van der Waals surface area contributed by atoms with Crippen LogP contribution >= 0.6 is 11.6 Å². The summed E-state index contributed by atoms with van der Waals surface area (Å²) in [5.74, 6) is 0. The maximum absolute atomic E-state index is 6.03. The standard InChI is InChI=1S/C18H14ClN3/c1-2-22-9-8-12-6-7-13(10-16(12)22)14-4-3-5-15-18(14)21-17(19)11-20-15/h3-11H,2H2,1H3. The number of aryl methyl sites for hydroxylation is 1. The van der Waals surface area contributed by atoms with E-state index in [1.807, 2.05) is 12.1 Å². The van der Waals surface area contributed by atoms with E-state index in [0.717, 1.165) is 28.7 Å². The second-order valence-corrected chi connectivity index (χ2v) is 5.63. The molecule has 0 N–H and O–H groups in total.